The Hall–Kier alpha value is -2.48. The van der Waals surface area contributed by atoms with E-state index in [-0.39, 0.29) is 22.7 Å². The zero-order valence-electron chi connectivity index (χ0n) is 18.9. The summed E-state index contributed by atoms with van der Waals surface area (Å²) < 4.78 is 59.0. The highest BCUT2D eigenvalue weighted by molar-refractivity contribution is 7.93. The molecule has 2 aliphatic rings. The zero-order valence-corrected chi connectivity index (χ0v) is 19.8. The number of sulfone groups is 1. The third-order valence-electron chi connectivity index (χ3n) is 6.87. The van der Waals surface area contributed by atoms with Gasteiger partial charge in [-0.3, -0.25) is 4.79 Å². The molecule has 33 heavy (non-hydrogen) atoms. The Balaban J connectivity index is 1.52. The first kappa shape index (κ1) is 23.7. The van der Waals surface area contributed by atoms with Gasteiger partial charge < -0.3 is 9.64 Å². The number of hydrogen-bond donors (Lipinski definition) is 0. The molecule has 0 radical (unpaired) electrons. The Morgan fingerprint density at radius 1 is 1.03 bits per heavy atom. The molecule has 1 heterocycles. The van der Waals surface area contributed by atoms with Gasteiger partial charge in [-0.05, 0) is 56.0 Å². The van der Waals surface area contributed by atoms with Gasteiger partial charge in [-0.15, -0.1) is 0 Å². The van der Waals surface area contributed by atoms with Crippen LogP contribution in [0, 0.1) is 25.5 Å². The van der Waals surface area contributed by atoms with Crippen LogP contribution in [-0.2, 0) is 14.6 Å². The average Bonchev–Trinajstić information content (AvgIpc) is 3.29. The molecule has 0 N–H and O–H groups in total. The number of amides is 1. The number of nitrogens with zero attached hydrogens (tertiary/aromatic N) is 1. The van der Waals surface area contributed by atoms with Crippen molar-refractivity contribution in [3.63, 3.8) is 0 Å². The molecule has 2 aromatic rings. The second-order valence-electron chi connectivity index (χ2n) is 9.16. The maximum Gasteiger partial charge on any atom is 0.244 e. The largest absolute Gasteiger partial charge is 0.487 e. The summed E-state index contributed by atoms with van der Waals surface area (Å²) in [5.74, 6) is -1.80. The molecule has 5 nitrogen and oxygen atoms in total. The van der Waals surface area contributed by atoms with Crippen LogP contribution in [0.15, 0.2) is 41.3 Å². The van der Waals surface area contributed by atoms with E-state index in [0.717, 1.165) is 17.7 Å². The summed E-state index contributed by atoms with van der Waals surface area (Å²) in [5, 5.41) is 0. The molecule has 1 saturated carbocycles. The summed E-state index contributed by atoms with van der Waals surface area (Å²) >= 11 is 0. The van der Waals surface area contributed by atoms with Gasteiger partial charge in [0.2, 0.25) is 5.91 Å². The zero-order chi connectivity index (χ0) is 23.8. The van der Waals surface area contributed by atoms with Gasteiger partial charge in [0.1, 0.15) is 11.9 Å². The second-order valence-corrected chi connectivity index (χ2v) is 11.4. The predicted octanol–water partition coefficient (Wildman–Crippen LogP) is 4.74. The summed E-state index contributed by atoms with van der Waals surface area (Å²) in [6.07, 6.45) is 2.59. The van der Waals surface area contributed by atoms with Crippen LogP contribution in [0.4, 0.5) is 8.78 Å². The number of piperidine rings is 1. The van der Waals surface area contributed by atoms with Crippen molar-refractivity contribution in [1.29, 1.82) is 0 Å². The Bertz CT molecular complexity index is 1150. The fourth-order valence-electron chi connectivity index (χ4n) is 4.97. The molecule has 1 saturated heterocycles. The molecule has 2 aromatic carbocycles. The summed E-state index contributed by atoms with van der Waals surface area (Å²) in [4.78, 5) is 15.6. The Kier molecular flexibility index (Phi) is 6.49. The fraction of sp³-hybridized carbons (Fsp3) is 0.480. The Labute approximate surface area is 193 Å². The minimum Gasteiger partial charge on any atom is -0.487 e. The average molecular weight is 478 g/mol. The number of aryl methyl sites for hydroxylation is 2. The molecule has 8 heteroatoms. The topological polar surface area (TPSA) is 63.7 Å². The normalized spacial score (nSPS) is 19.0. The van der Waals surface area contributed by atoms with Gasteiger partial charge in [0, 0.05) is 32.0 Å². The third kappa shape index (κ3) is 4.37. The van der Waals surface area contributed by atoms with Crippen LogP contribution in [0.5, 0.6) is 5.75 Å². The number of carbonyl (C=O) groups is 1. The first-order chi connectivity index (χ1) is 15.6. The van der Waals surface area contributed by atoms with Crippen molar-refractivity contribution in [3.8, 4) is 5.75 Å². The molecule has 178 valence electrons. The maximum atomic E-state index is 13.9. The van der Waals surface area contributed by atoms with Crippen molar-refractivity contribution in [2.24, 2.45) is 0 Å². The number of benzene rings is 2. The van der Waals surface area contributed by atoms with E-state index in [4.69, 9.17) is 4.74 Å². The Morgan fingerprint density at radius 2 is 1.70 bits per heavy atom. The van der Waals surface area contributed by atoms with Crippen LogP contribution in [0.25, 0.3) is 0 Å². The van der Waals surface area contributed by atoms with E-state index in [9.17, 15) is 22.0 Å². The third-order valence-corrected chi connectivity index (χ3v) is 9.50. The lowest BCUT2D eigenvalue weighted by Crippen LogP contribution is -2.55. The number of rotatable bonds is 5. The Morgan fingerprint density at radius 3 is 2.33 bits per heavy atom. The summed E-state index contributed by atoms with van der Waals surface area (Å²) in [7, 11) is -3.88. The van der Waals surface area contributed by atoms with Gasteiger partial charge in [0.25, 0.3) is 0 Å². The van der Waals surface area contributed by atoms with Gasteiger partial charge in [0.05, 0.1) is 4.90 Å². The fourth-order valence-corrected chi connectivity index (χ4v) is 7.41. The van der Waals surface area contributed by atoms with Crippen LogP contribution in [0.1, 0.15) is 49.7 Å². The highest BCUT2D eigenvalue weighted by Crippen LogP contribution is 2.43. The maximum absolute atomic E-state index is 13.9. The lowest BCUT2D eigenvalue weighted by Gasteiger charge is -2.38. The summed E-state index contributed by atoms with van der Waals surface area (Å²) in [6, 6.07) is 8.48. The molecule has 0 aromatic heterocycles. The number of likely N-dealkylation sites (tertiary alicyclic amines) is 1. The molecule has 0 atom stereocenters. The smallest absolute Gasteiger partial charge is 0.244 e. The molecule has 2 fully saturated rings. The van der Waals surface area contributed by atoms with Crippen LogP contribution in [0.3, 0.4) is 0 Å². The minimum absolute atomic E-state index is 0.0223. The van der Waals surface area contributed by atoms with Crippen LogP contribution < -0.4 is 4.74 Å². The first-order valence-corrected chi connectivity index (χ1v) is 12.9. The van der Waals surface area contributed by atoms with E-state index in [0.29, 0.717) is 57.2 Å². The van der Waals surface area contributed by atoms with Crippen molar-refractivity contribution < 1.29 is 26.7 Å². The van der Waals surface area contributed by atoms with Crippen molar-refractivity contribution >= 4 is 15.7 Å². The molecule has 0 bridgehead atoms. The van der Waals surface area contributed by atoms with Gasteiger partial charge in [-0.2, -0.15) is 0 Å². The van der Waals surface area contributed by atoms with Crippen LogP contribution in [0.2, 0.25) is 0 Å². The lowest BCUT2D eigenvalue weighted by atomic mass is 10.0. The van der Waals surface area contributed by atoms with Crippen LogP contribution in [-0.4, -0.2) is 43.2 Å². The molecule has 0 unspecified atom stereocenters. The summed E-state index contributed by atoms with van der Waals surface area (Å²) in [5.41, 5.74) is 1.49. The van der Waals surface area contributed by atoms with E-state index >= 15 is 0 Å². The molecule has 1 amide bonds. The van der Waals surface area contributed by atoms with E-state index in [1.807, 2.05) is 13.0 Å². The first-order valence-electron chi connectivity index (χ1n) is 11.4. The molecular weight excluding hydrogens is 448 g/mol. The highest BCUT2D eigenvalue weighted by atomic mass is 32.2. The van der Waals surface area contributed by atoms with Crippen molar-refractivity contribution in [3.05, 3.63) is 59.2 Å². The molecular formula is C25H29F2NO4S. The van der Waals surface area contributed by atoms with Gasteiger partial charge in [0.15, 0.2) is 26.2 Å². The lowest BCUT2D eigenvalue weighted by molar-refractivity contribution is -0.135. The van der Waals surface area contributed by atoms with E-state index in [2.05, 4.69) is 0 Å². The van der Waals surface area contributed by atoms with E-state index in [1.165, 1.54) is 6.07 Å². The highest BCUT2D eigenvalue weighted by Gasteiger charge is 2.55. The quantitative estimate of drug-likeness (QED) is 0.624. The SMILES string of the molecule is Cc1ccc(C)c(S(=O)(=O)C2(C(=O)N3CCC(Oc4ccc(F)cc4F)CC3)CCCC2)c1. The van der Waals surface area contributed by atoms with E-state index < -0.39 is 26.2 Å². The van der Waals surface area contributed by atoms with E-state index in [1.54, 1.807) is 24.0 Å². The van der Waals surface area contributed by atoms with Crippen molar-refractivity contribution in [2.45, 2.75) is 68.1 Å². The molecule has 4 rings (SSSR count). The number of hydrogen-bond acceptors (Lipinski definition) is 4. The summed E-state index contributed by atoms with van der Waals surface area (Å²) in [6.45, 7) is 4.26. The number of carbonyl (C=O) groups excluding carboxylic acids is 1. The predicted molar refractivity (Wildman–Crippen MR) is 121 cm³/mol. The molecule has 0 spiro atoms. The minimum atomic E-state index is -3.88. The number of halogens is 2. The van der Waals surface area contributed by atoms with Crippen molar-refractivity contribution in [1.82, 2.24) is 4.90 Å². The molecule has 1 aliphatic heterocycles. The monoisotopic (exact) mass is 477 g/mol. The standard InChI is InChI=1S/C25H29F2NO4S/c1-17-5-6-18(2)23(15-17)33(30,31)25(11-3-4-12-25)24(29)28-13-9-20(10-14-28)32-22-8-7-19(26)16-21(22)27/h5-8,15-16,20H,3-4,9-14H2,1-2H3. The van der Waals surface area contributed by atoms with Crippen molar-refractivity contribution in [2.75, 3.05) is 13.1 Å². The molecule has 1 aliphatic carbocycles. The van der Waals surface area contributed by atoms with Gasteiger partial charge in [-0.1, -0.05) is 25.0 Å². The van der Waals surface area contributed by atoms with Crippen LogP contribution >= 0.6 is 0 Å². The number of ether oxygens (including phenoxy) is 1. The van der Waals surface area contributed by atoms with Gasteiger partial charge >= 0.3 is 0 Å². The van der Waals surface area contributed by atoms with Gasteiger partial charge in [-0.25, -0.2) is 17.2 Å². The second kappa shape index (κ2) is 9.05.